The summed E-state index contributed by atoms with van der Waals surface area (Å²) in [5, 5.41) is 13.8. The highest BCUT2D eigenvalue weighted by atomic mass is 32.1. The second-order valence-corrected chi connectivity index (χ2v) is 10.1. The lowest BCUT2D eigenvalue weighted by atomic mass is 9.92. The third-order valence-corrected chi connectivity index (χ3v) is 8.09. The van der Waals surface area contributed by atoms with Crippen molar-refractivity contribution in [1.29, 1.82) is 5.26 Å². The molecule has 1 aromatic heterocycles. The van der Waals surface area contributed by atoms with Crippen LogP contribution in [0.5, 0.6) is 0 Å². The number of hydrogen-bond acceptors (Lipinski definition) is 7. The minimum Gasteiger partial charge on any atom is -0.404 e. The number of nitrogens with zero attached hydrogens (tertiary/aromatic N) is 4. The van der Waals surface area contributed by atoms with Gasteiger partial charge in [0.25, 0.3) is 0 Å². The number of thiazole rings is 1. The average molecular weight is 447 g/mol. The van der Waals surface area contributed by atoms with Crippen LogP contribution in [-0.4, -0.2) is 43.9 Å². The van der Waals surface area contributed by atoms with E-state index in [0.29, 0.717) is 5.56 Å². The Morgan fingerprint density at radius 1 is 1.19 bits per heavy atom. The third-order valence-electron chi connectivity index (χ3n) is 6.93. The van der Waals surface area contributed by atoms with Gasteiger partial charge < -0.3 is 16.0 Å². The number of hydrogen-bond donors (Lipinski definition) is 2. The van der Waals surface area contributed by atoms with E-state index >= 15 is 0 Å². The van der Waals surface area contributed by atoms with Crippen molar-refractivity contribution >= 4 is 28.3 Å². The molecule has 32 heavy (non-hydrogen) atoms. The molecule has 0 radical (unpaired) electrons. The highest BCUT2D eigenvalue weighted by Crippen LogP contribution is 2.39. The van der Waals surface area contributed by atoms with E-state index in [0.717, 1.165) is 77.3 Å². The third kappa shape index (κ3) is 4.57. The molecule has 0 unspecified atom stereocenters. The second-order valence-electron chi connectivity index (χ2n) is 9.17. The summed E-state index contributed by atoms with van der Waals surface area (Å²) in [5.74, 6) is 2.31. The lowest BCUT2D eigenvalue weighted by Gasteiger charge is -2.19. The molecule has 3 heterocycles. The highest BCUT2D eigenvalue weighted by Gasteiger charge is 2.31. The number of rotatable bonds is 6. The van der Waals surface area contributed by atoms with Gasteiger partial charge >= 0.3 is 0 Å². The Hall–Kier alpha value is -2.69. The number of benzene rings is 1. The fourth-order valence-corrected chi connectivity index (χ4v) is 5.86. The van der Waals surface area contributed by atoms with Gasteiger partial charge in [0.05, 0.1) is 22.2 Å². The molecule has 0 amide bonds. The molecular weight excluding hydrogens is 416 g/mol. The van der Waals surface area contributed by atoms with Gasteiger partial charge in [-0.25, -0.2) is 4.98 Å². The molecule has 2 atom stereocenters. The predicted octanol–water partition coefficient (Wildman–Crippen LogP) is 3.90. The quantitative estimate of drug-likeness (QED) is 0.657. The standard InChI is InChI=1S/C25H30N6S/c26-11-17-3-5-19(6-4-17)23-24(22(12-27)16-28-13-18-1-2-18)32-25(30-23)31-9-7-20-14-29-15-21(20)8-10-31/h3-6,12,16,18,20-21,29H,1-2,7-10,13-15,27H2/t20-,21+. The fourth-order valence-electron chi connectivity index (χ4n) is 4.73. The Morgan fingerprint density at radius 3 is 2.53 bits per heavy atom. The summed E-state index contributed by atoms with van der Waals surface area (Å²) in [7, 11) is 0. The first-order valence-electron chi connectivity index (χ1n) is 11.6. The van der Waals surface area contributed by atoms with Crippen LogP contribution in [0.1, 0.15) is 36.1 Å². The van der Waals surface area contributed by atoms with Crippen LogP contribution >= 0.6 is 11.3 Å². The van der Waals surface area contributed by atoms with E-state index in [1.807, 2.05) is 30.5 Å². The Kier molecular flexibility index (Phi) is 6.24. The van der Waals surface area contributed by atoms with E-state index in [4.69, 9.17) is 10.7 Å². The molecule has 1 aliphatic carbocycles. The SMILES string of the molecule is N#Cc1ccc(-c2nc(N3CC[C@@H]4CNC[C@@H]4CC3)sc2C(C=NCC2CC2)=CN)cc1. The van der Waals surface area contributed by atoms with E-state index in [1.165, 1.54) is 25.7 Å². The molecule has 3 N–H and O–H groups in total. The smallest absolute Gasteiger partial charge is 0.186 e. The molecule has 166 valence electrons. The summed E-state index contributed by atoms with van der Waals surface area (Å²) in [6.45, 7) is 5.25. The Morgan fingerprint density at radius 2 is 1.91 bits per heavy atom. The van der Waals surface area contributed by atoms with Gasteiger partial charge in [-0.3, -0.25) is 4.99 Å². The first-order valence-corrected chi connectivity index (χ1v) is 12.5. The van der Waals surface area contributed by atoms with Crippen molar-refractivity contribution in [3.8, 4) is 17.3 Å². The summed E-state index contributed by atoms with van der Waals surface area (Å²) in [5.41, 5.74) is 9.57. The molecule has 3 aliphatic rings. The molecule has 1 saturated carbocycles. The number of nitrogens with one attached hydrogen (secondary N) is 1. The number of aliphatic imine (C=N–C) groups is 1. The normalized spacial score (nSPS) is 23.8. The monoisotopic (exact) mass is 446 g/mol. The van der Waals surface area contributed by atoms with Crippen molar-refractivity contribution in [3.63, 3.8) is 0 Å². The van der Waals surface area contributed by atoms with E-state index < -0.39 is 0 Å². The first-order chi connectivity index (χ1) is 15.7. The van der Waals surface area contributed by atoms with E-state index in [1.54, 1.807) is 17.5 Å². The first kappa shape index (κ1) is 21.2. The van der Waals surface area contributed by atoms with Gasteiger partial charge in [-0.05, 0) is 68.7 Å². The maximum Gasteiger partial charge on any atom is 0.186 e. The molecule has 2 aromatic rings. The highest BCUT2D eigenvalue weighted by molar-refractivity contribution is 7.17. The molecular formula is C25H30N6S. The summed E-state index contributed by atoms with van der Waals surface area (Å²) >= 11 is 1.71. The lowest BCUT2D eigenvalue weighted by molar-refractivity contribution is 0.409. The molecule has 1 aromatic carbocycles. The zero-order valence-electron chi connectivity index (χ0n) is 18.3. The number of nitriles is 1. The summed E-state index contributed by atoms with van der Waals surface area (Å²) in [6.07, 6.45) is 8.56. The minimum absolute atomic E-state index is 0.652. The van der Waals surface area contributed by atoms with Crippen LogP contribution in [0.15, 0.2) is 35.5 Å². The van der Waals surface area contributed by atoms with Crippen molar-refractivity contribution in [2.75, 3.05) is 37.6 Å². The van der Waals surface area contributed by atoms with E-state index in [2.05, 4.69) is 21.3 Å². The largest absolute Gasteiger partial charge is 0.404 e. The van der Waals surface area contributed by atoms with Gasteiger partial charge in [-0.15, -0.1) is 0 Å². The van der Waals surface area contributed by atoms with Gasteiger partial charge in [0.2, 0.25) is 0 Å². The molecule has 0 spiro atoms. The predicted molar refractivity (Wildman–Crippen MR) is 132 cm³/mol. The molecule has 7 heteroatoms. The van der Waals surface area contributed by atoms with Gasteiger partial charge in [-0.2, -0.15) is 5.26 Å². The van der Waals surface area contributed by atoms with Crippen molar-refractivity contribution < 1.29 is 0 Å². The average Bonchev–Trinajstić information content (AvgIpc) is 3.45. The second kappa shape index (κ2) is 9.43. The van der Waals surface area contributed by atoms with Gasteiger partial charge in [0.1, 0.15) is 0 Å². The molecule has 5 rings (SSSR count). The molecule has 0 bridgehead atoms. The van der Waals surface area contributed by atoms with Crippen LogP contribution < -0.4 is 16.0 Å². The molecule has 6 nitrogen and oxygen atoms in total. The van der Waals surface area contributed by atoms with Gasteiger partial charge in [0.15, 0.2) is 5.13 Å². The number of aromatic nitrogens is 1. The number of anilines is 1. The molecule has 3 fully saturated rings. The van der Waals surface area contributed by atoms with E-state index in [-0.39, 0.29) is 0 Å². The summed E-state index contributed by atoms with van der Waals surface area (Å²) in [4.78, 5) is 13.3. The zero-order chi connectivity index (χ0) is 21.9. The molecule has 2 saturated heterocycles. The molecule has 2 aliphatic heterocycles. The summed E-state index contributed by atoms with van der Waals surface area (Å²) in [6, 6.07) is 9.86. The fraction of sp³-hybridized carbons (Fsp3) is 0.480. The van der Waals surface area contributed by atoms with Crippen LogP contribution in [0.4, 0.5) is 5.13 Å². The summed E-state index contributed by atoms with van der Waals surface area (Å²) < 4.78 is 0. The van der Waals surface area contributed by atoms with Gasteiger partial charge in [0, 0.05) is 43.2 Å². The van der Waals surface area contributed by atoms with Crippen LogP contribution in [-0.2, 0) is 0 Å². The van der Waals surface area contributed by atoms with Crippen molar-refractivity contribution in [1.82, 2.24) is 10.3 Å². The Labute approximate surface area is 193 Å². The number of allylic oxidation sites excluding steroid dienone is 1. The number of nitrogens with two attached hydrogens (primary N) is 1. The lowest BCUT2D eigenvalue weighted by Crippen LogP contribution is -2.25. The van der Waals surface area contributed by atoms with Crippen LogP contribution in [0.2, 0.25) is 0 Å². The maximum absolute atomic E-state index is 9.18. The van der Waals surface area contributed by atoms with Gasteiger partial charge in [-0.1, -0.05) is 23.5 Å². The van der Waals surface area contributed by atoms with E-state index in [9.17, 15) is 5.26 Å². The van der Waals surface area contributed by atoms with Crippen molar-refractivity contribution in [3.05, 3.63) is 40.9 Å². The number of fused-ring (bicyclic) bond motifs is 1. The topological polar surface area (TPSA) is 90.3 Å². The minimum atomic E-state index is 0.652. The Bertz CT molecular complexity index is 1030. The van der Waals surface area contributed by atoms with Crippen LogP contribution in [0, 0.1) is 29.1 Å². The maximum atomic E-state index is 9.18. The zero-order valence-corrected chi connectivity index (χ0v) is 19.2. The van der Waals surface area contributed by atoms with Crippen LogP contribution in [0.3, 0.4) is 0 Å². The van der Waals surface area contributed by atoms with Crippen LogP contribution in [0.25, 0.3) is 16.8 Å². The van der Waals surface area contributed by atoms with Crippen molar-refractivity contribution in [2.45, 2.75) is 25.7 Å². The Balaban J connectivity index is 1.46. The van der Waals surface area contributed by atoms with Crippen molar-refractivity contribution in [2.24, 2.45) is 28.5 Å².